The highest BCUT2D eigenvalue weighted by Crippen LogP contribution is 2.59. The van der Waals surface area contributed by atoms with Crippen LogP contribution in [0.4, 0.5) is 0 Å². The van der Waals surface area contributed by atoms with Crippen LogP contribution < -0.4 is 5.46 Å². The first-order valence-electron chi connectivity index (χ1n) is 15.1. The molecule has 196 valence electrons. The Morgan fingerprint density at radius 1 is 0.279 bits per heavy atom. The Bertz CT molecular complexity index is 2450. The van der Waals surface area contributed by atoms with Crippen molar-refractivity contribution in [3.63, 3.8) is 0 Å². The van der Waals surface area contributed by atoms with E-state index in [-0.39, 0.29) is 0 Å². The quantitative estimate of drug-likeness (QED) is 0.116. The van der Waals surface area contributed by atoms with Crippen LogP contribution in [0.2, 0.25) is 0 Å². The fraction of sp³-hybridized carbons (Fsp3) is 0. The first-order chi connectivity index (χ1) is 21.3. The molecule has 43 heavy (non-hydrogen) atoms. The van der Waals surface area contributed by atoms with Gasteiger partial charge in [0.15, 0.2) is 0 Å². The zero-order valence-electron chi connectivity index (χ0n) is 23.8. The summed E-state index contributed by atoms with van der Waals surface area (Å²) in [5, 5.41) is 13.5. The second kappa shape index (κ2) is 8.34. The molecule has 0 N–H and O–H groups in total. The molecule has 0 unspecified atom stereocenters. The van der Waals surface area contributed by atoms with Gasteiger partial charge in [-0.3, -0.25) is 0 Å². The van der Waals surface area contributed by atoms with Crippen molar-refractivity contribution in [3.05, 3.63) is 140 Å². The summed E-state index contributed by atoms with van der Waals surface area (Å²) in [6.07, 6.45) is 0. The largest absolute Gasteiger partial charge is 0.140 e. The van der Waals surface area contributed by atoms with Crippen LogP contribution >= 0.6 is 0 Å². The van der Waals surface area contributed by atoms with Crippen LogP contribution in [0.1, 0.15) is 0 Å². The van der Waals surface area contributed by atoms with Crippen molar-refractivity contribution in [2.45, 2.75) is 0 Å². The second-order valence-electron chi connectivity index (χ2n) is 12.0. The minimum Gasteiger partial charge on any atom is -0.0812 e. The normalized spacial score (nSPS) is 12.3. The fourth-order valence-corrected chi connectivity index (χ4v) is 8.15. The molecule has 0 bridgehead atoms. The van der Waals surface area contributed by atoms with E-state index in [0.29, 0.717) is 0 Å². The highest BCUT2D eigenvalue weighted by atomic mass is 14.3. The molecule has 0 fully saturated rings. The Morgan fingerprint density at radius 2 is 0.721 bits per heavy atom. The first kappa shape index (κ1) is 23.2. The smallest absolute Gasteiger partial charge is 0.0812 e. The first-order valence-corrected chi connectivity index (χ1v) is 15.1. The average Bonchev–Trinajstić information content (AvgIpc) is 3.40. The zero-order chi connectivity index (χ0) is 28.2. The third-order valence-electron chi connectivity index (χ3n) is 9.88. The lowest BCUT2D eigenvalue weighted by Crippen LogP contribution is -2.03. The monoisotopic (exact) mass is 540 g/mol. The van der Waals surface area contributed by atoms with Crippen LogP contribution in [0, 0.1) is 0 Å². The molecule has 0 aromatic heterocycles. The van der Waals surface area contributed by atoms with E-state index in [1.165, 1.54) is 104 Å². The van der Waals surface area contributed by atoms with Crippen LogP contribution in [0.5, 0.6) is 0 Å². The third-order valence-corrected chi connectivity index (χ3v) is 9.88. The molecule has 1 aliphatic rings. The molecule has 0 atom stereocenters. The highest BCUT2D eigenvalue weighted by molar-refractivity contribution is 6.45. The molecule has 0 saturated heterocycles. The van der Waals surface area contributed by atoms with Gasteiger partial charge in [-0.1, -0.05) is 145 Å². The molecule has 1 aliphatic carbocycles. The fourth-order valence-electron chi connectivity index (χ4n) is 8.15. The van der Waals surface area contributed by atoms with E-state index < -0.39 is 0 Å². The maximum Gasteiger partial charge on any atom is 0.140 e. The molecule has 0 spiro atoms. The van der Waals surface area contributed by atoms with Crippen molar-refractivity contribution >= 4 is 67.2 Å². The minimum atomic E-state index is 1.26. The average molecular weight is 540 g/mol. The summed E-state index contributed by atoms with van der Waals surface area (Å²) in [6, 6.07) is 52.0. The lowest BCUT2D eigenvalue weighted by atomic mass is 9.82. The number of rotatable bonds is 2. The Morgan fingerprint density at radius 3 is 1.30 bits per heavy atom. The summed E-state index contributed by atoms with van der Waals surface area (Å²) < 4.78 is 0. The second-order valence-corrected chi connectivity index (χ2v) is 12.0. The molecule has 9 aromatic rings. The number of benzene rings is 9. The van der Waals surface area contributed by atoms with Gasteiger partial charge in [0.1, 0.15) is 7.85 Å². The molecule has 0 aliphatic heterocycles. The summed E-state index contributed by atoms with van der Waals surface area (Å²) in [5.74, 6) is 0. The van der Waals surface area contributed by atoms with Gasteiger partial charge < -0.3 is 0 Å². The molecular weight excluding hydrogens is 515 g/mol. The van der Waals surface area contributed by atoms with Gasteiger partial charge in [-0.2, -0.15) is 0 Å². The van der Waals surface area contributed by atoms with E-state index >= 15 is 0 Å². The van der Waals surface area contributed by atoms with Crippen LogP contribution in [0.15, 0.2) is 140 Å². The van der Waals surface area contributed by atoms with E-state index in [1.807, 2.05) is 0 Å². The van der Waals surface area contributed by atoms with E-state index in [4.69, 9.17) is 0 Å². The van der Waals surface area contributed by atoms with Gasteiger partial charge in [0.2, 0.25) is 0 Å². The number of hydrogen-bond donors (Lipinski definition) is 0. The zero-order valence-corrected chi connectivity index (χ0v) is 23.8. The highest BCUT2D eigenvalue weighted by Gasteiger charge is 2.31. The van der Waals surface area contributed by atoms with E-state index in [1.54, 1.807) is 0 Å². The lowest BCUT2D eigenvalue weighted by Gasteiger charge is -2.20. The molecule has 9 aromatic carbocycles. The minimum absolute atomic E-state index is 1.26. The molecular formula is C42H25B. The lowest BCUT2D eigenvalue weighted by molar-refractivity contribution is 1.62. The molecule has 0 radical (unpaired) electrons. The Kier molecular flexibility index (Phi) is 4.50. The Labute approximate surface area is 250 Å². The molecule has 0 saturated carbocycles. The van der Waals surface area contributed by atoms with Gasteiger partial charge >= 0.3 is 0 Å². The van der Waals surface area contributed by atoms with E-state index in [9.17, 15) is 0 Å². The molecule has 0 heterocycles. The number of fused-ring (bicyclic) bond motifs is 6. The van der Waals surface area contributed by atoms with Crippen molar-refractivity contribution in [3.8, 4) is 44.5 Å². The van der Waals surface area contributed by atoms with Crippen LogP contribution in [0.3, 0.4) is 0 Å². The Hall–Kier alpha value is -5.40. The summed E-state index contributed by atoms with van der Waals surface area (Å²) in [6.45, 7) is 0. The summed E-state index contributed by atoms with van der Waals surface area (Å²) in [4.78, 5) is 0. The van der Waals surface area contributed by atoms with Crippen molar-refractivity contribution < 1.29 is 0 Å². The standard InChI is InChI=1S/C42H25B/c43-35-23-22-29-31-19-21-34-40-33(20-18-30(39(31)40)28-16-9-17-32(35)38(28)29)41-36(24-10-3-1-4-11-24)26-14-7-8-15-27(26)37(42(34)41)25-12-5-2-6-13-25/h1-23H,43H2. The maximum atomic E-state index is 2.41. The van der Waals surface area contributed by atoms with Crippen LogP contribution in [-0.2, 0) is 0 Å². The van der Waals surface area contributed by atoms with Crippen molar-refractivity contribution in [2.24, 2.45) is 0 Å². The Balaban J connectivity index is 1.47. The topological polar surface area (TPSA) is 0 Å². The predicted octanol–water partition coefficient (Wildman–Crippen LogP) is 10.1. The van der Waals surface area contributed by atoms with Crippen molar-refractivity contribution in [1.82, 2.24) is 0 Å². The summed E-state index contributed by atoms with van der Waals surface area (Å²) >= 11 is 0. The van der Waals surface area contributed by atoms with Gasteiger partial charge in [0.25, 0.3) is 0 Å². The van der Waals surface area contributed by atoms with Crippen LogP contribution in [-0.4, -0.2) is 7.85 Å². The van der Waals surface area contributed by atoms with E-state index in [2.05, 4.69) is 147 Å². The maximum absolute atomic E-state index is 2.41. The van der Waals surface area contributed by atoms with Crippen molar-refractivity contribution in [2.75, 3.05) is 0 Å². The predicted molar refractivity (Wildman–Crippen MR) is 189 cm³/mol. The third kappa shape index (κ3) is 2.92. The molecule has 0 nitrogen and oxygen atoms in total. The molecule has 0 amide bonds. The molecule has 1 heteroatoms. The van der Waals surface area contributed by atoms with Gasteiger partial charge in [-0.15, -0.1) is 0 Å². The van der Waals surface area contributed by atoms with Crippen LogP contribution in [0.25, 0.3) is 98.4 Å². The molecule has 10 rings (SSSR count). The van der Waals surface area contributed by atoms with Gasteiger partial charge in [0.05, 0.1) is 0 Å². The summed E-state index contributed by atoms with van der Waals surface area (Å²) in [7, 11) is 2.23. The van der Waals surface area contributed by atoms with Crippen molar-refractivity contribution in [1.29, 1.82) is 0 Å². The number of hydrogen-bond acceptors (Lipinski definition) is 0. The van der Waals surface area contributed by atoms with E-state index in [0.717, 1.165) is 0 Å². The van der Waals surface area contributed by atoms with Gasteiger partial charge in [-0.05, 0) is 98.4 Å². The van der Waals surface area contributed by atoms with Gasteiger partial charge in [0, 0.05) is 0 Å². The SMILES string of the molecule is Bc1ccc2c3ccc4c5c(ccc(c6cccc1c62)c53)-c1c-4c(-c2ccccc2)c2ccccc2c1-c1ccccc1. The van der Waals surface area contributed by atoms with Gasteiger partial charge in [-0.25, -0.2) is 0 Å². The summed E-state index contributed by atoms with van der Waals surface area (Å²) in [5.41, 5.74) is 11.9.